The molecule has 6 heteroatoms. The molecule has 0 fully saturated rings. The van der Waals surface area contributed by atoms with Crippen LogP contribution in [-0.2, 0) is 19.4 Å². The highest BCUT2D eigenvalue weighted by Crippen LogP contribution is 2.46. The highest BCUT2D eigenvalue weighted by Gasteiger charge is 2.32. The lowest BCUT2D eigenvalue weighted by Gasteiger charge is -2.28. The van der Waals surface area contributed by atoms with Crippen LogP contribution in [-0.4, -0.2) is 58.5 Å². The van der Waals surface area contributed by atoms with Gasteiger partial charge in [-0.05, 0) is 56.2 Å². The number of Topliss-reactive ketones (excluding diaryl/α,β-unsaturated/α-hetero) is 1. The molecule has 3 aromatic rings. The number of aliphatic hydroxyl groups is 1. The van der Waals surface area contributed by atoms with Crippen LogP contribution in [0.1, 0.15) is 52.9 Å². The normalized spacial score (nSPS) is 19.6. The summed E-state index contributed by atoms with van der Waals surface area (Å²) in [6.07, 6.45) is 1.89. The molecule has 1 unspecified atom stereocenters. The number of ketones is 1. The first-order valence-electron chi connectivity index (χ1n) is 10.8. The minimum Gasteiger partial charge on any atom is -0.373 e. The molecule has 0 amide bonds. The van der Waals surface area contributed by atoms with Crippen molar-refractivity contribution >= 4 is 38.2 Å². The molecule has 5 nitrogen and oxygen atoms in total. The smallest absolute Gasteiger partial charge is 0.163 e. The van der Waals surface area contributed by atoms with Crippen LogP contribution in [0.5, 0.6) is 0 Å². The van der Waals surface area contributed by atoms with E-state index < -0.39 is 6.23 Å². The van der Waals surface area contributed by atoms with Crippen LogP contribution in [0.2, 0.25) is 0 Å². The maximum atomic E-state index is 12.4. The first-order chi connectivity index (χ1) is 14.0. The molecule has 1 aliphatic carbocycles. The molecular formula is C23H29N3O2S. The van der Waals surface area contributed by atoms with E-state index in [1.54, 1.807) is 11.3 Å². The van der Waals surface area contributed by atoms with Gasteiger partial charge in [0.15, 0.2) is 5.78 Å². The lowest BCUT2D eigenvalue weighted by molar-refractivity contribution is 0.0164. The van der Waals surface area contributed by atoms with Crippen LogP contribution in [0.25, 0.3) is 21.1 Å². The summed E-state index contributed by atoms with van der Waals surface area (Å²) in [6, 6.07) is 4.20. The number of thiophene rings is 1. The molecule has 3 heterocycles. The average Bonchev–Trinajstić information content (AvgIpc) is 3.37. The topological polar surface area (TPSA) is 48.7 Å². The molecule has 1 N–H and O–H groups in total. The molecule has 2 aromatic heterocycles. The van der Waals surface area contributed by atoms with Gasteiger partial charge in [0.05, 0.1) is 10.4 Å². The van der Waals surface area contributed by atoms with Crippen molar-refractivity contribution in [2.45, 2.75) is 45.9 Å². The van der Waals surface area contributed by atoms with Crippen molar-refractivity contribution in [2.75, 3.05) is 33.2 Å². The number of fused-ring (bicyclic) bond motifs is 7. The number of nitrogens with zero attached hydrogens (tertiary/aromatic N) is 3. The van der Waals surface area contributed by atoms with Gasteiger partial charge in [-0.15, -0.1) is 11.3 Å². The summed E-state index contributed by atoms with van der Waals surface area (Å²) in [7, 11) is 1.99. The van der Waals surface area contributed by atoms with Crippen molar-refractivity contribution in [1.82, 2.24) is 14.4 Å². The van der Waals surface area contributed by atoms with Gasteiger partial charge in [-0.1, -0.05) is 13.8 Å². The van der Waals surface area contributed by atoms with E-state index in [2.05, 4.69) is 29.4 Å². The van der Waals surface area contributed by atoms with Gasteiger partial charge in [0.25, 0.3) is 0 Å². The Morgan fingerprint density at radius 1 is 1.14 bits per heavy atom. The van der Waals surface area contributed by atoms with E-state index >= 15 is 0 Å². The number of benzene rings is 1. The largest absolute Gasteiger partial charge is 0.373 e. The molecule has 1 aliphatic heterocycles. The summed E-state index contributed by atoms with van der Waals surface area (Å²) in [5.74, 6) is 0.273. The third kappa shape index (κ3) is 2.81. The van der Waals surface area contributed by atoms with E-state index in [-0.39, 0.29) is 5.78 Å². The number of aryl methyl sites for hydroxylation is 1. The van der Waals surface area contributed by atoms with Crippen LogP contribution < -0.4 is 0 Å². The Bertz CT molecular complexity index is 1110. The predicted octanol–water partition coefficient (Wildman–Crippen LogP) is 3.81. The molecule has 0 saturated carbocycles. The van der Waals surface area contributed by atoms with E-state index in [9.17, 15) is 9.90 Å². The van der Waals surface area contributed by atoms with Gasteiger partial charge >= 0.3 is 0 Å². The van der Waals surface area contributed by atoms with Crippen LogP contribution >= 0.6 is 11.3 Å². The SMILES string of the molecule is CCN(CC)CCn1c2ccc3c(c2c2c4c(sc21)C(O)N(C)CC4)CCC3=O. The zero-order chi connectivity index (χ0) is 20.3. The van der Waals surface area contributed by atoms with Crippen LogP contribution in [0.4, 0.5) is 0 Å². The van der Waals surface area contributed by atoms with Gasteiger partial charge in [-0.2, -0.15) is 0 Å². The number of carbonyl (C=O) groups is 1. The Morgan fingerprint density at radius 2 is 1.93 bits per heavy atom. The minimum atomic E-state index is -0.527. The highest BCUT2D eigenvalue weighted by molar-refractivity contribution is 7.19. The third-order valence-corrected chi connectivity index (χ3v) is 8.19. The average molecular weight is 412 g/mol. The Labute approximate surface area is 175 Å². The van der Waals surface area contributed by atoms with Crippen molar-refractivity contribution in [3.05, 3.63) is 33.7 Å². The van der Waals surface area contributed by atoms with Gasteiger partial charge in [-0.25, -0.2) is 0 Å². The number of rotatable bonds is 5. The fraction of sp³-hybridized carbons (Fsp3) is 0.522. The van der Waals surface area contributed by atoms with E-state index in [0.717, 1.165) is 56.0 Å². The Balaban J connectivity index is 1.76. The van der Waals surface area contributed by atoms with Crippen molar-refractivity contribution < 1.29 is 9.90 Å². The second-order valence-electron chi connectivity index (χ2n) is 8.32. The fourth-order valence-corrected chi connectivity index (χ4v) is 6.58. The quantitative estimate of drug-likeness (QED) is 0.694. The minimum absolute atomic E-state index is 0.273. The third-order valence-electron chi connectivity index (χ3n) is 6.90. The first kappa shape index (κ1) is 19.2. The van der Waals surface area contributed by atoms with Crippen LogP contribution in [0, 0.1) is 0 Å². The number of aliphatic hydroxyl groups excluding tert-OH is 1. The van der Waals surface area contributed by atoms with E-state index in [0.29, 0.717) is 6.42 Å². The van der Waals surface area contributed by atoms with E-state index in [4.69, 9.17) is 0 Å². The van der Waals surface area contributed by atoms with Crippen molar-refractivity contribution in [3.8, 4) is 0 Å². The summed E-state index contributed by atoms with van der Waals surface area (Å²) < 4.78 is 2.45. The molecule has 2 aliphatic rings. The Hall–Kier alpha value is -1.73. The maximum absolute atomic E-state index is 12.4. The number of aromatic nitrogens is 1. The van der Waals surface area contributed by atoms with Crippen molar-refractivity contribution in [2.24, 2.45) is 0 Å². The Morgan fingerprint density at radius 3 is 2.69 bits per heavy atom. The summed E-state index contributed by atoms with van der Waals surface area (Å²) in [4.78, 5) is 19.2. The van der Waals surface area contributed by atoms with Crippen LogP contribution in [0.3, 0.4) is 0 Å². The molecule has 5 rings (SSSR count). The molecule has 0 saturated heterocycles. The second-order valence-corrected chi connectivity index (χ2v) is 9.35. The molecule has 1 aromatic carbocycles. The molecule has 0 spiro atoms. The van der Waals surface area contributed by atoms with Crippen molar-refractivity contribution in [1.29, 1.82) is 0 Å². The monoisotopic (exact) mass is 411 g/mol. The summed E-state index contributed by atoms with van der Waals surface area (Å²) in [5.41, 5.74) is 4.69. The zero-order valence-corrected chi connectivity index (χ0v) is 18.3. The van der Waals surface area contributed by atoms with Gasteiger partial charge in [0, 0.05) is 42.4 Å². The summed E-state index contributed by atoms with van der Waals surface area (Å²) >= 11 is 1.74. The van der Waals surface area contributed by atoms with E-state index in [1.807, 2.05) is 18.0 Å². The number of carbonyl (C=O) groups excluding carboxylic acids is 1. The molecule has 154 valence electrons. The highest BCUT2D eigenvalue weighted by atomic mass is 32.1. The Kier molecular flexibility index (Phi) is 4.78. The lowest BCUT2D eigenvalue weighted by atomic mass is 9.98. The van der Waals surface area contributed by atoms with Crippen LogP contribution in [0.15, 0.2) is 12.1 Å². The number of hydrogen-bond acceptors (Lipinski definition) is 5. The molecule has 0 radical (unpaired) electrons. The molecular weight excluding hydrogens is 382 g/mol. The second kappa shape index (κ2) is 7.20. The number of hydrogen-bond donors (Lipinski definition) is 1. The molecule has 1 atom stereocenters. The molecule has 0 bridgehead atoms. The van der Waals surface area contributed by atoms with Gasteiger partial charge in [-0.3, -0.25) is 9.69 Å². The van der Waals surface area contributed by atoms with Gasteiger partial charge in [0.1, 0.15) is 11.1 Å². The van der Waals surface area contributed by atoms with Gasteiger partial charge < -0.3 is 14.6 Å². The fourth-order valence-electron chi connectivity index (χ4n) is 5.13. The lowest BCUT2D eigenvalue weighted by Crippen LogP contribution is -2.30. The summed E-state index contributed by atoms with van der Waals surface area (Å²) in [5, 5.41) is 13.4. The number of likely N-dealkylation sites (N-methyl/N-ethyl adjacent to an activating group) is 2. The zero-order valence-electron chi connectivity index (χ0n) is 17.5. The van der Waals surface area contributed by atoms with Crippen molar-refractivity contribution in [3.63, 3.8) is 0 Å². The predicted molar refractivity (Wildman–Crippen MR) is 119 cm³/mol. The molecule has 29 heavy (non-hydrogen) atoms. The summed E-state index contributed by atoms with van der Waals surface area (Å²) in [6.45, 7) is 9.32. The van der Waals surface area contributed by atoms with E-state index in [1.165, 1.54) is 32.2 Å². The maximum Gasteiger partial charge on any atom is 0.163 e. The first-order valence-corrected chi connectivity index (χ1v) is 11.6. The van der Waals surface area contributed by atoms with Gasteiger partial charge in [0.2, 0.25) is 0 Å². The standard InChI is InChI=1S/C23H29N3O2S/c1-4-25(5-2)12-13-26-17-8-6-14-15(7-9-18(14)27)19(17)20-16-10-11-24(3)22(28)21(16)29-23(20)26/h6,8,22,28H,4-5,7,9-13H2,1-3H3.